The molecule has 3 aromatic rings. The van der Waals surface area contributed by atoms with Crippen LogP contribution in [0.15, 0.2) is 30.7 Å². The zero-order valence-electron chi connectivity index (χ0n) is 13.2. The van der Waals surface area contributed by atoms with Crippen molar-refractivity contribution in [1.82, 2.24) is 19.7 Å². The summed E-state index contributed by atoms with van der Waals surface area (Å²) in [5.41, 5.74) is 0.275. The molecule has 0 saturated heterocycles. The molecule has 1 aromatic carbocycles. The third kappa shape index (κ3) is 4.05. The Balaban J connectivity index is 1.76. The second kappa shape index (κ2) is 7.61. The summed E-state index contributed by atoms with van der Waals surface area (Å²) in [4.78, 5) is 8.16. The summed E-state index contributed by atoms with van der Waals surface area (Å²) in [5.74, 6) is -2.65. The number of hydrogen-bond acceptors (Lipinski definition) is 5. The van der Waals surface area contributed by atoms with Crippen LogP contribution in [0.1, 0.15) is 5.56 Å². The molecular weight excluding hydrogens is 369 g/mol. The molecule has 0 atom stereocenters. The number of nitrogens with zero attached hydrogens (tertiary/aromatic N) is 4. The fraction of sp³-hybridized carbons (Fsp3) is 0.0625. The summed E-state index contributed by atoms with van der Waals surface area (Å²) >= 11 is 6.00. The quantitative estimate of drug-likeness (QED) is 0.678. The average molecular weight is 381 g/mol. The molecule has 0 bridgehead atoms. The zero-order chi connectivity index (χ0) is 18.7. The van der Waals surface area contributed by atoms with E-state index in [4.69, 9.17) is 11.6 Å². The molecule has 6 nitrogen and oxygen atoms in total. The Kier molecular flexibility index (Phi) is 5.27. The summed E-state index contributed by atoms with van der Waals surface area (Å²) in [7, 11) is 0. The lowest BCUT2D eigenvalue weighted by molar-refractivity contribution is 0.526. The second-order valence-electron chi connectivity index (χ2n) is 5.11. The lowest BCUT2D eigenvalue weighted by Crippen LogP contribution is -2.08. The van der Waals surface area contributed by atoms with Gasteiger partial charge in [-0.15, -0.1) is 0 Å². The molecule has 0 amide bonds. The van der Waals surface area contributed by atoms with Crippen LogP contribution < -0.4 is 10.6 Å². The van der Waals surface area contributed by atoms with Crippen molar-refractivity contribution in [3.63, 3.8) is 0 Å². The maximum atomic E-state index is 13.7. The van der Waals surface area contributed by atoms with Crippen LogP contribution in [0.25, 0.3) is 0 Å². The maximum Gasteiger partial charge on any atom is 0.229 e. The number of aromatic nitrogens is 4. The molecule has 3 rings (SSSR count). The van der Waals surface area contributed by atoms with Crippen molar-refractivity contribution in [3.05, 3.63) is 72.2 Å². The predicted octanol–water partition coefficient (Wildman–Crippen LogP) is 3.94. The molecule has 2 aromatic heterocycles. The maximum absolute atomic E-state index is 13.7. The molecular formula is C16H12ClF3N6. The highest BCUT2D eigenvalue weighted by Crippen LogP contribution is 2.23. The average Bonchev–Trinajstić information content (AvgIpc) is 3.04. The third-order valence-electron chi connectivity index (χ3n) is 3.33. The molecule has 10 heteroatoms. The Morgan fingerprint density at radius 3 is 2.58 bits per heavy atom. The first kappa shape index (κ1) is 18.0. The van der Waals surface area contributed by atoms with Gasteiger partial charge in [0.15, 0.2) is 5.82 Å². The Morgan fingerprint density at radius 1 is 1.19 bits per heavy atom. The lowest BCUT2D eigenvalue weighted by atomic mass is 10.2. The van der Waals surface area contributed by atoms with E-state index in [9.17, 15) is 13.2 Å². The van der Waals surface area contributed by atoms with Crippen molar-refractivity contribution in [2.75, 3.05) is 10.6 Å². The van der Waals surface area contributed by atoms with Gasteiger partial charge in [0.2, 0.25) is 5.95 Å². The largest absolute Gasteiger partial charge is 0.364 e. The number of rotatable bonds is 6. The van der Waals surface area contributed by atoms with E-state index in [1.807, 2.05) is 0 Å². The van der Waals surface area contributed by atoms with Crippen molar-refractivity contribution in [2.45, 2.75) is 6.54 Å². The number of halogens is 4. The highest BCUT2D eigenvalue weighted by atomic mass is 35.5. The molecule has 0 fully saturated rings. The van der Waals surface area contributed by atoms with E-state index < -0.39 is 17.5 Å². The SMILES string of the molecule is [CH2][CH]n1cc(Nc2ncc(Cl)c(NCc3c(F)cc(F)cc3F)n2)cn1. The number of benzene rings is 1. The van der Waals surface area contributed by atoms with E-state index >= 15 is 0 Å². The molecule has 0 aliphatic rings. The van der Waals surface area contributed by atoms with Gasteiger partial charge in [0.1, 0.15) is 22.5 Å². The fourth-order valence-electron chi connectivity index (χ4n) is 2.10. The van der Waals surface area contributed by atoms with E-state index in [1.165, 1.54) is 23.6 Å². The van der Waals surface area contributed by atoms with Crippen LogP contribution in [0.3, 0.4) is 0 Å². The first-order valence-electron chi connectivity index (χ1n) is 7.30. The van der Waals surface area contributed by atoms with Gasteiger partial charge in [0.05, 0.1) is 24.6 Å². The molecule has 2 N–H and O–H groups in total. The monoisotopic (exact) mass is 380 g/mol. The van der Waals surface area contributed by atoms with Gasteiger partial charge >= 0.3 is 0 Å². The Labute approximate surface area is 152 Å². The summed E-state index contributed by atoms with van der Waals surface area (Å²) in [6.07, 6.45) is 4.52. The van der Waals surface area contributed by atoms with E-state index in [-0.39, 0.29) is 28.9 Å². The van der Waals surface area contributed by atoms with Crippen LogP contribution in [0.5, 0.6) is 0 Å². The van der Waals surface area contributed by atoms with Crippen LogP contribution in [0, 0.1) is 30.9 Å². The van der Waals surface area contributed by atoms with E-state index in [0.717, 1.165) is 0 Å². The normalized spacial score (nSPS) is 10.8. The summed E-state index contributed by atoms with van der Waals surface area (Å²) in [6.45, 7) is 4.81. The minimum Gasteiger partial charge on any atom is -0.364 e. The van der Waals surface area contributed by atoms with Crippen LogP contribution >= 0.6 is 11.6 Å². The van der Waals surface area contributed by atoms with Crippen molar-refractivity contribution in [1.29, 1.82) is 0 Å². The molecule has 26 heavy (non-hydrogen) atoms. The molecule has 0 aliphatic carbocycles. The van der Waals surface area contributed by atoms with Gasteiger partial charge in [-0.25, -0.2) is 18.2 Å². The number of hydrogen-bond donors (Lipinski definition) is 2. The van der Waals surface area contributed by atoms with Crippen LogP contribution in [-0.4, -0.2) is 19.7 Å². The van der Waals surface area contributed by atoms with Crippen LogP contribution in [0.2, 0.25) is 5.02 Å². The topological polar surface area (TPSA) is 67.7 Å². The van der Waals surface area contributed by atoms with Gasteiger partial charge in [-0.1, -0.05) is 11.6 Å². The van der Waals surface area contributed by atoms with Gasteiger partial charge < -0.3 is 10.6 Å². The third-order valence-corrected chi connectivity index (χ3v) is 3.60. The molecule has 0 spiro atoms. The molecule has 0 aliphatic heterocycles. The van der Waals surface area contributed by atoms with Gasteiger partial charge in [-0.05, 0) is 6.92 Å². The number of anilines is 3. The first-order valence-corrected chi connectivity index (χ1v) is 7.67. The fourth-order valence-corrected chi connectivity index (χ4v) is 2.25. The van der Waals surface area contributed by atoms with Crippen molar-refractivity contribution in [3.8, 4) is 0 Å². The Morgan fingerprint density at radius 2 is 1.92 bits per heavy atom. The molecule has 0 unspecified atom stereocenters. The van der Waals surface area contributed by atoms with E-state index in [1.54, 1.807) is 6.20 Å². The predicted molar refractivity (Wildman–Crippen MR) is 91.2 cm³/mol. The van der Waals surface area contributed by atoms with Gasteiger partial charge in [0, 0.05) is 30.4 Å². The summed E-state index contributed by atoms with van der Waals surface area (Å²) in [5, 5.41) is 9.77. The smallest absolute Gasteiger partial charge is 0.229 e. The number of nitrogens with one attached hydrogen (secondary N) is 2. The minimum atomic E-state index is -1.00. The van der Waals surface area contributed by atoms with E-state index in [2.05, 4.69) is 32.6 Å². The van der Waals surface area contributed by atoms with Crippen molar-refractivity contribution < 1.29 is 13.2 Å². The standard InChI is InChI=1S/C16H12ClF3N6/c1-2-26-8-10(5-23-26)24-16-22-7-12(17)15(25-16)21-6-11-13(19)3-9(18)4-14(11)20/h2-5,7-8H,1,6H2,(H2,21,22,24,25). The van der Waals surface area contributed by atoms with Crippen molar-refractivity contribution in [2.24, 2.45) is 0 Å². The molecule has 2 radical (unpaired) electrons. The summed E-state index contributed by atoms with van der Waals surface area (Å²) < 4.78 is 41.8. The first-order chi connectivity index (χ1) is 12.5. The van der Waals surface area contributed by atoms with Crippen LogP contribution in [-0.2, 0) is 6.54 Å². The van der Waals surface area contributed by atoms with Gasteiger partial charge in [0.25, 0.3) is 0 Å². The molecule has 2 heterocycles. The van der Waals surface area contributed by atoms with Crippen molar-refractivity contribution >= 4 is 29.1 Å². The Hall–Kier alpha value is -2.81. The lowest BCUT2D eigenvalue weighted by Gasteiger charge is -2.10. The Bertz CT molecular complexity index is 907. The van der Waals surface area contributed by atoms with Gasteiger partial charge in [-0.2, -0.15) is 10.1 Å². The molecule has 0 saturated carbocycles. The highest BCUT2D eigenvalue weighted by Gasteiger charge is 2.13. The summed E-state index contributed by atoms with van der Waals surface area (Å²) in [6, 6.07) is 1.21. The second-order valence-corrected chi connectivity index (χ2v) is 5.52. The van der Waals surface area contributed by atoms with Crippen LogP contribution in [0.4, 0.5) is 30.6 Å². The van der Waals surface area contributed by atoms with Gasteiger partial charge in [-0.3, -0.25) is 4.68 Å². The zero-order valence-corrected chi connectivity index (χ0v) is 13.9. The van der Waals surface area contributed by atoms with E-state index in [0.29, 0.717) is 17.8 Å². The molecule has 134 valence electrons. The minimum absolute atomic E-state index is 0.153. The highest BCUT2D eigenvalue weighted by molar-refractivity contribution is 6.32.